The molecule has 1 aromatic rings. The molecule has 1 aromatic carbocycles. The molecule has 0 amide bonds. The van der Waals surface area contributed by atoms with Crippen LogP contribution in [-0.2, 0) is 21.7 Å². The molecule has 0 radical (unpaired) electrons. The van der Waals surface area contributed by atoms with E-state index in [1.54, 1.807) is 6.08 Å². The van der Waals surface area contributed by atoms with Crippen molar-refractivity contribution in [3.05, 3.63) is 29.1 Å². The number of halogens is 1. The van der Waals surface area contributed by atoms with Crippen LogP contribution >= 0.6 is 0 Å². The summed E-state index contributed by atoms with van der Waals surface area (Å²) >= 11 is 0. The topological polar surface area (TPSA) is 47.9 Å². The first-order chi connectivity index (χ1) is 8.75. The van der Waals surface area contributed by atoms with Crippen molar-refractivity contribution in [3.8, 4) is 5.75 Å². The first kappa shape index (κ1) is 11.4. The highest BCUT2D eigenvalue weighted by Crippen LogP contribution is 2.49. The van der Waals surface area contributed by atoms with Gasteiger partial charge < -0.3 is 9.47 Å². The van der Waals surface area contributed by atoms with Crippen molar-refractivity contribution < 1.29 is 18.7 Å². The zero-order chi connectivity index (χ0) is 12.6. The fraction of sp³-hybridized carbons (Fsp3) is 0.462. The average molecular weight is 249 g/mol. The normalized spacial score (nSPS) is 20.1. The van der Waals surface area contributed by atoms with Crippen LogP contribution in [0.3, 0.4) is 0 Å². The molecule has 1 fully saturated rings. The Morgan fingerprint density at radius 3 is 2.89 bits per heavy atom. The van der Waals surface area contributed by atoms with Crippen molar-refractivity contribution in [2.75, 3.05) is 6.79 Å². The molecule has 0 bridgehead atoms. The van der Waals surface area contributed by atoms with Crippen LogP contribution in [0.15, 0.2) is 17.1 Å². The summed E-state index contributed by atoms with van der Waals surface area (Å²) in [6, 6.07) is 2.80. The number of aliphatic imine (C=N–C) groups is 1. The quantitative estimate of drug-likeness (QED) is 0.597. The van der Waals surface area contributed by atoms with Gasteiger partial charge in [0.1, 0.15) is 17.1 Å². The number of benzene rings is 1. The number of fused-ring (bicyclic) bond motifs is 1. The van der Waals surface area contributed by atoms with E-state index in [1.807, 2.05) is 0 Å². The average Bonchev–Trinajstić information content (AvgIpc) is 2.33. The Balaban J connectivity index is 2.16. The van der Waals surface area contributed by atoms with Gasteiger partial charge in [0.15, 0.2) is 6.79 Å². The van der Waals surface area contributed by atoms with Crippen molar-refractivity contribution >= 4 is 6.08 Å². The van der Waals surface area contributed by atoms with Crippen molar-refractivity contribution in [3.63, 3.8) is 0 Å². The van der Waals surface area contributed by atoms with Crippen LogP contribution in [0.1, 0.15) is 30.4 Å². The molecule has 2 aliphatic rings. The molecule has 0 spiro atoms. The van der Waals surface area contributed by atoms with Gasteiger partial charge in [0.25, 0.3) is 0 Å². The lowest BCUT2D eigenvalue weighted by Gasteiger charge is -2.39. The van der Waals surface area contributed by atoms with Gasteiger partial charge in [-0.25, -0.2) is 9.18 Å². The highest BCUT2D eigenvalue weighted by molar-refractivity contribution is 5.49. The number of rotatable bonds is 2. The molecule has 0 atom stereocenters. The van der Waals surface area contributed by atoms with E-state index >= 15 is 0 Å². The molecule has 3 rings (SSSR count). The highest BCUT2D eigenvalue weighted by atomic mass is 19.1. The Labute approximate surface area is 103 Å². The molecule has 5 heteroatoms. The second kappa shape index (κ2) is 4.19. The molecular formula is C13H12FNO3. The number of ether oxygens (including phenoxy) is 2. The first-order valence-electron chi connectivity index (χ1n) is 5.88. The monoisotopic (exact) mass is 249 g/mol. The second-order valence-corrected chi connectivity index (χ2v) is 4.64. The van der Waals surface area contributed by atoms with Crippen LogP contribution in [0.5, 0.6) is 5.75 Å². The number of isocyanates is 1. The van der Waals surface area contributed by atoms with E-state index in [0.29, 0.717) is 23.5 Å². The van der Waals surface area contributed by atoms with Crippen LogP contribution in [0.25, 0.3) is 0 Å². The number of hydrogen-bond donors (Lipinski definition) is 0. The smallest absolute Gasteiger partial charge is 0.235 e. The molecule has 0 unspecified atom stereocenters. The summed E-state index contributed by atoms with van der Waals surface area (Å²) in [5.74, 6) is 0.256. The maximum absolute atomic E-state index is 13.6. The van der Waals surface area contributed by atoms with Crippen LogP contribution in [0.2, 0.25) is 0 Å². The standard InChI is InChI=1S/C13H12FNO3/c14-10-4-9-6-17-8-18-12(9)11(5-10)13(15-7-16)2-1-3-13/h4-5H,1-3,6,8H2. The minimum atomic E-state index is -0.648. The lowest BCUT2D eigenvalue weighted by atomic mass is 9.71. The highest BCUT2D eigenvalue weighted by Gasteiger charge is 2.42. The Bertz CT molecular complexity index is 533. The van der Waals surface area contributed by atoms with Crippen LogP contribution in [0.4, 0.5) is 4.39 Å². The van der Waals surface area contributed by atoms with Crippen molar-refractivity contribution in [2.24, 2.45) is 4.99 Å². The third kappa shape index (κ3) is 1.64. The van der Waals surface area contributed by atoms with Gasteiger partial charge in [0, 0.05) is 11.1 Å². The maximum atomic E-state index is 13.6. The zero-order valence-electron chi connectivity index (χ0n) is 9.74. The molecule has 94 valence electrons. The molecule has 0 saturated heterocycles. The van der Waals surface area contributed by atoms with Crippen LogP contribution in [-0.4, -0.2) is 12.9 Å². The van der Waals surface area contributed by atoms with Gasteiger partial charge in [0.2, 0.25) is 6.08 Å². The van der Waals surface area contributed by atoms with Gasteiger partial charge in [0.05, 0.1) is 6.61 Å². The fourth-order valence-electron chi connectivity index (χ4n) is 2.57. The summed E-state index contributed by atoms with van der Waals surface area (Å²) < 4.78 is 24.2. The molecule has 1 heterocycles. The van der Waals surface area contributed by atoms with Gasteiger partial charge in [-0.3, -0.25) is 0 Å². The minimum Gasteiger partial charge on any atom is -0.467 e. The van der Waals surface area contributed by atoms with Crippen molar-refractivity contribution in [1.29, 1.82) is 0 Å². The van der Waals surface area contributed by atoms with Gasteiger partial charge >= 0.3 is 0 Å². The molecule has 4 nitrogen and oxygen atoms in total. The number of carbonyl (C=O) groups excluding carboxylic acids is 1. The Morgan fingerprint density at radius 1 is 1.39 bits per heavy atom. The van der Waals surface area contributed by atoms with Crippen molar-refractivity contribution in [1.82, 2.24) is 0 Å². The Morgan fingerprint density at radius 2 is 2.22 bits per heavy atom. The van der Waals surface area contributed by atoms with E-state index in [-0.39, 0.29) is 12.6 Å². The van der Waals surface area contributed by atoms with Gasteiger partial charge in [-0.2, -0.15) is 4.99 Å². The molecule has 1 aliphatic carbocycles. The Kier molecular flexibility index (Phi) is 2.65. The Hall–Kier alpha value is -1.71. The van der Waals surface area contributed by atoms with E-state index < -0.39 is 5.54 Å². The molecule has 18 heavy (non-hydrogen) atoms. The van der Waals surface area contributed by atoms with Crippen molar-refractivity contribution in [2.45, 2.75) is 31.4 Å². The second-order valence-electron chi connectivity index (χ2n) is 4.64. The SMILES string of the molecule is O=C=NC1(c2cc(F)cc3c2OCOC3)CCC1. The van der Waals surface area contributed by atoms with Crippen LogP contribution in [0, 0.1) is 5.82 Å². The summed E-state index contributed by atoms with van der Waals surface area (Å²) in [7, 11) is 0. The van der Waals surface area contributed by atoms with E-state index in [0.717, 1.165) is 19.3 Å². The maximum Gasteiger partial charge on any atom is 0.235 e. The van der Waals surface area contributed by atoms with Gasteiger partial charge in [-0.1, -0.05) is 0 Å². The van der Waals surface area contributed by atoms with Crippen LogP contribution < -0.4 is 4.74 Å². The van der Waals surface area contributed by atoms with E-state index in [2.05, 4.69) is 4.99 Å². The summed E-state index contributed by atoms with van der Waals surface area (Å²) in [5.41, 5.74) is 0.671. The number of hydrogen-bond acceptors (Lipinski definition) is 4. The minimum absolute atomic E-state index is 0.145. The fourth-order valence-corrected chi connectivity index (χ4v) is 2.57. The summed E-state index contributed by atoms with van der Waals surface area (Å²) in [5, 5.41) is 0. The summed E-state index contributed by atoms with van der Waals surface area (Å²) in [6.07, 6.45) is 4.02. The third-order valence-electron chi connectivity index (χ3n) is 3.62. The van der Waals surface area contributed by atoms with E-state index in [4.69, 9.17) is 9.47 Å². The van der Waals surface area contributed by atoms with E-state index in [9.17, 15) is 9.18 Å². The lowest BCUT2D eigenvalue weighted by molar-refractivity contribution is -0.0186. The van der Waals surface area contributed by atoms with E-state index in [1.165, 1.54) is 12.1 Å². The predicted octanol–water partition coefficient (Wildman–Crippen LogP) is 2.41. The third-order valence-corrected chi connectivity index (χ3v) is 3.62. The largest absolute Gasteiger partial charge is 0.467 e. The van der Waals surface area contributed by atoms with Gasteiger partial charge in [-0.15, -0.1) is 0 Å². The molecular weight excluding hydrogens is 237 g/mol. The summed E-state index contributed by atoms with van der Waals surface area (Å²) in [4.78, 5) is 14.5. The predicted molar refractivity (Wildman–Crippen MR) is 60.3 cm³/mol. The zero-order valence-corrected chi connectivity index (χ0v) is 9.74. The molecule has 0 aromatic heterocycles. The lowest BCUT2D eigenvalue weighted by Crippen LogP contribution is -2.33. The number of nitrogens with zero attached hydrogens (tertiary/aromatic N) is 1. The first-order valence-corrected chi connectivity index (χ1v) is 5.88. The summed E-state index contributed by atoms with van der Waals surface area (Å²) in [6.45, 7) is 0.466. The molecule has 1 saturated carbocycles. The van der Waals surface area contributed by atoms with Gasteiger partial charge in [-0.05, 0) is 31.4 Å². The molecule has 0 N–H and O–H groups in total. The molecule has 1 aliphatic heterocycles.